The monoisotopic (exact) mass is 405 g/mol. The number of sulfonamides is 1. The third-order valence-corrected chi connectivity index (χ3v) is 5.42. The van der Waals surface area contributed by atoms with Gasteiger partial charge in [-0.15, -0.1) is 0 Å². The predicted molar refractivity (Wildman–Crippen MR) is 105 cm³/mol. The average molecular weight is 405 g/mol. The Kier molecular flexibility index (Phi) is 5.90. The molecule has 3 N–H and O–H groups in total. The first-order chi connectivity index (χ1) is 13.3. The number of carboxylic acid groups (broad SMARTS) is 1. The van der Waals surface area contributed by atoms with Crippen molar-refractivity contribution in [2.45, 2.75) is 37.5 Å². The summed E-state index contributed by atoms with van der Waals surface area (Å²) in [5, 5.41) is 14.0. The number of unbranched alkanes of at least 4 members (excludes halogenated alkanes) is 1. The molecule has 0 saturated carbocycles. The summed E-state index contributed by atoms with van der Waals surface area (Å²) in [6.07, 6.45) is 1.65. The van der Waals surface area contributed by atoms with E-state index in [0.29, 0.717) is 36.3 Å². The molecular weight excluding hydrogens is 382 g/mol. The van der Waals surface area contributed by atoms with Crippen LogP contribution in [0.5, 0.6) is 11.5 Å². The Labute approximate surface area is 164 Å². The standard InChI is InChI=1S/C20H23NO6S/c1-26-17-6-4-7-18-20(17)14-10-9-13(12-28(21,24)25)11-15(14)16(27-18)5-2-3-8-19(22)23/h4,6-7,9-11,16H,2-3,5,8,12H2,1H3,(H,22,23)(H2,21,24,25). The molecule has 1 atom stereocenters. The second-order valence-electron chi connectivity index (χ2n) is 6.81. The number of nitrogens with two attached hydrogens (primary N) is 1. The molecule has 0 amide bonds. The lowest BCUT2D eigenvalue weighted by Gasteiger charge is -2.30. The SMILES string of the molecule is COc1cccc2c1-c1ccc(CS(N)(=O)=O)cc1C(CCCCC(=O)O)O2. The molecule has 0 spiro atoms. The zero-order valence-corrected chi connectivity index (χ0v) is 16.4. The highest BCUT2D eigenvalue weighted by Crippen LogP contribution is 2.48. The van der Waals surface area contributed by atoms with Crippen molar-refractivity contribution in [1.29, 1.82) is 0 Å². The Balaban J connectivity index is 1.98. The van der Waals surface area contributed by atoms with Crippen molar-refractivity contribution in [2.24, 2.45) is 5.14 Å². The van der Waals surface area contributed by atoms with Gasteiger partial charge in [0.2, 0.25) is 10.0 Å². The van der Waals surface area contributed by atoms with Crippen LogP contribution in [0.4, 0.5) is 0 Å². The van der Waals surface area contributed by atoms with Gasteiger partial charge in [0.15, 0.2) is 0 Å². The molecule has 0 aliphatic carbocycles. The van der Waals surface area contributed by atoms with Crippen LogP contribution in [-0.4, -0.2) is 26.6 Å². The molecule has 2 aromatic rings. The maximum atomic E-state index is 11.5. The zero-order valence-electron chi connectivity index (χ0n) is 15.6. The molecular formula is C20H23NO6S. The fourth-order valence-electron chi connectivity index (χ4n) is 3.51. The van der Waals surface area contributed by atoms with Gasteiger partial charge in [-0.25, -0.2) is 13.6 Å². The van der Waals surface area contributed by atoms with Crippen LogP contribution in [0.25, 0.3) is 11.1 Å². The maximum absolute atomic E-state index is 11.5. The fourth-order valence-corrected chi connectivity index (χ4v) is 4.15. The molecule has 0 bridgehead atoms. The molecule has 3 rings (SSSR count). The highest BCUT2D eigenvalue weighted by molar-refractivity contribution is 7.88. The Bertz CT molecular complexity index is 986. The van der Waals surface area contributed by atoms with Crippen molar-refractivity contribution < 1.29 is 27.8 Å². The molecule has 7 nitrogen and oxygen atoms in total. The molecule has 0 radical (unpaired) electrons. The number of carboxylic acids is 1. The molecule has 1 aliphatic rings. The second kappa shape index (κ2) is 8.20. The van der Waals surface area contributed by atoms with Crippen LogP contribution in [-0.2, 0) is 20.6 Å². The lowest BCUT2D eigenvalue weighted by atomic mass is 9.89. The fraction of sp³-hybridized carbons (Fsp3) is 0.350. The number of rotatable bonds is 8. The molecule has 1 heterocycles. The van der Waals surface area contributed by atoms with Gasteiger partial charge in [0.05, 0.1) is 18.4 Å². The van der Waals surface area contributed by atoms with Crippen molar-refractivity contribution >= 4 is 16.0 Å². The normalized spacial score (nSPS) is 15.3. The van der Waals surface area contributed by atoms with Gasteiger partial charge in [0.1, 0.15) is 17.6 Å². The number of aliphatic carboxylic acids is 1. The molecule has 8 heteroatoms. The number of hydrogen-bond acceptors (Lipinski definition) is 5. The van der Waals surface area contributed by atoms with E-state index in [9.17, 15) is 13.2 Å². The van der Waals surface area contributed by atoms with Crippen molar-refractivity contribution in [1.82, 2.24) is 0 Å². The van der Waals surface area contributed by atoms with Crippen LogP contribution >= 0.6 is 0 Å². The Morgan fingerprint density at radius 2 is 2.04 bits per heavy atom. The van der Waals surface area contributed by atoms with Crippen LogP contribution in [0.2, 0.25) is 0 Å². The van der Waals surface area contributed by atoms with Crippen molar-refractivity contribution in [2.75, 3.05) is 7.11 Å². The highest BCUT2D eigenvalue weighted by atomic mass is 32.2. The summed E-state index contributed by atoms with van der Waals surface area (Å²) in [6, 6.07) is 11.0. The molecule has 1 aliphatic heterocycles. The summed E-state index contributed by atoms with van der Waals surface area (Å²) in [5.41, 5.74) is 3.18. The van der Waals surface area contributed by atoms with Crippen molar-refractivity contribution in [3.8, 4) is 22.6 Å². The number of carbonyl (C=O) groups is 1. The number of benzene rings is 2. The van der Waals surface area contributed by atoms with E-state index in [1.54, 1.807) is 19.2 Å². The number of hydrogen-bond donors (Lipinski definition) is 2. The number of ether oxygens (including phenoxy) is 2. The lowest BCUT2D eigenvalue weighted by molar-refractivity contribution is -0.137. The lowest BCUT2D eigenvalue weighted by Crippen LogP contribution is -2.17. The van der Waals surface area contributed by atoms with Gasteiger partial charge < -0.3 is 14.6 Å². The molecule has 0 aromatic heterocycles. The molecule has 0 saturated heterocycles. The Hall–Kier alpha value is -2.58. The first-order valence-electron chi connectivity index (χ1n) is 8.97. The van der Waals surface area contributed by atoms with E-state index < -0.39 is 16.0 Å². The largest absolute Gasteiger partial charge is 0.496 e. The minimum Gasteiger partial charge on any atom is -0.496 e. The molecule has 2 aromatic carbocycles. The topological polar surface area (TPSA) is 116 Å². The summed E-state index contributed by atoms with van der Waals surface area (Å²) in [7, 11) is -2.07. The van der Waals surface area contributed by atoms with E-state index >= 15 is 0 Å². The van der Waals surface area contributed by atoms with Crippen LogP contribution in [0, 0.1) is 0 Å². The van der Waals surface area contributed by atoms with Gasteiger partial charge in [0.25, 0.3) is 0 Å². The van der Waals surface area contributed by atoms with Crippen LogP contribution in [0.15, 0.2) is 36.4 Å². The van der Waals surface area contributed by atoms with Gasteiger partial charge in [-0.2, -0.15) is 0 Å². The Morgan fingerprint density at radius 3 is 2.71 bits per heavy atom. The predicted octanol–water partition coefficient (Wildman–Crippen LogP) is 3.23. The molecule has 1 unspecified atom stereocenters. The summed E-state index contributed by atoms with van der Waals surface area (Å²) < 4.78 is 34.7. The van der Waals surface area contributed by atoms with E-state index in [4.69, 9.17) is 19.7 Å². The van der Waals surface area contributed by atoms with Crippen molar-refractivity contribution in [3.63, 3.8) is 0 Å². The zero-order chi connectivity index (χ0) is 20.3. The van der Waals surface area contributed by atoms with Crippen LogP contribution < -0.4 is 14.6 Å². The van der Waals surface area contributed by atoms with Crippen LogP contribution in [0.3, 0.4) is 0 Å². The molecule has 150 valence electrons. The van der Waals surface area contributed by atoms with Crippen LogP contribution in [0.1, 0.15) is 42.9 Å². The summed E-state index contributed by atoms with van der Waals surface area (Å²) in [5.74, 6) is 0.275. The third kappa shape index (κ3) is 4.63. The molecule has 28 heavy (non-hydrogen) atoms. The smallest absolute Gasteiger partial charge is 0.303 e. The molecule has 0 fully saturated rings. The summed E-state index contributed by atoms with van der Waals surface area (Å²) >= 11 is 0. The van der Waals surface area contributed by atoms with E-state index in [0.717, 1.165) is 16.7 Å². The average Bonchev–Trinajstić information content (AvgIpc) is 2.63. The van der Waals surface area contributed by atoms with Gasteiger partial charge in [-0.05, 0) is 42.5 Å². The summed E-state index contributed by atoms with van der Waals surface area (Å²) in [4.78, 5) is 10.7. The van der Waals surface area contributed by atoms with Gasteiger partial charge in [-0.1, -0.05) is 24.3 Å². The van der Waals surface area contributed by atoms with Crippen molar-refractivity contribution in [3.05, 3.63) is 47.5 Å². The second-order valence-corrected chi connectivity index (χ2v) is 8.42. The van der Waals surface area contributed by atoms with Gasteiger partial charge in [-0.3, -0.25) is 4.79 Å². The van der Waals surface area contributed by atoms with E-state index in [-0.39, 0.29) is 18.3 Å². The minimum atomic E-state index is -3.66. The minimum absolute atomic E-state index is 0.107. The highest BCUT2D eigenvalue weighted by Gasteiger charge is 2.28. The van der Waals surface area contributed by atoms with Gasteiger partial charge in [0, 0.05) is 12.0 Å². The van der Waals surface area contributed by atoms with E-state index in [1.165, 1.54) is 0 Å². The van der Waals surface area contributed by atoms with Gasteiger partial charge >= 0.3 is 5.97 Å². The first kappa shape index (κ1) is 20.2. The van der Waals surface area contributed by atoms with E-state index in [2.05, 4.69) is 0 Å². The first-order valence-corrected chi connectivity index (χ1v) is 10.7. The summed E-state index contributed by atoms with van der Waals surface area (Å²) in [6.45, 7) is 0. The Morgan fingerprint density at radius 1 is 1.25 bits per heavy atom. The maximum Gasteiger partial charge on any atom is 0.303 e. The number of methoxy groups -OCH3 is 1. The number of primary sulfonamides is 1. The number of fused-ring (bicyclic) bond motifs is 3. The third-order valence-electron chi connectivity index (χ3n) is 4.68. The quantitative estimate of drug-likeness (QED) is 0.652. The van der Waals surface area contributed by atoms with E-state index in [1.807, 2.05) is 24.3 Å².